The quantitative estimate of drug-likeness (QED) is 0.143. The summed E-state index contributed by atoms with van der Waals surface area (Å²) < 4.78 is 6.45. The lowest BCUT2D eigenvalue weighted by Gasteiger charge is -2.37. The van der Waals surface area contributed by atoms with Gasteiger partial charge in [0.05, 0.1) is 5.57 Å². The number of hydrogen-bond acceptors (Lipinski definition) is 7. The number of hydrogen-bond donors (Lipinski definition) is 0. The van der Waals surface area contributed by atoms with Crippen LogP contribution in [0.4, 0.5) is 11.4 Å². The summed E-state index contributed by atoms with van der Waals surface area (Å²) in [6.45, 7) is 10.6. The summed E-state index contributed by atoms with van der Waals surface area (Å²) in [5, 5.41) is 0.203. The highest BCUT2D eigenvalue weighted by Crippen LogP contribution is 2.38. The Kier molecular flexibility index (Phi) is 11.3. The third-order valence-corrected chi connectivity index (χ3v) is 8.50. The van der Waals surface area contributed by atoms with E-state index in [4.69, 9.17) is 17.0 Å². The smallest absolute Gasteiger partial charge is 0.269 e. The Balaban J connectivity index is 1.85. The van der Waals surface area contributed by atoms with Crippen LogP contribution in [0.5, 0.6) is 5.75 Å². The van der Waals surface area contributed by atoms with Gasteiger partial charge in [0.1, 0.15) is 11.3 Å². The van der Waals surface area contributed by atoms with Gasteiger partial charge in [-0.3, -0.25) is 24.2 Å². The molecule has 2 amide bonds. The van der Waals surface area contributed by atoms with E-state index in [0.717, 1.165) is 55.7 Å². The predicted octanol–water partition coefficient (Wildman–Crippen LogP) is 6.47. The zero-order valence-electron chi connectivity index (χ0n) is 27.3. The zero-order chi connectivity index (χ0) is 32.7. The fourth-order valence-electron chi connectivity index (χ4n) is 5.32. The van der Waals surface area contributed by atoms with E-state index in [9.17, 15) is 14.4 Å². The van der Waals surface area contributed by atoms with Gasteiger partial charge in [-0.2, -0.15) is 0 Å². The van der Waals surface area contributed by atoms with E-state index in [1.54, 1.807) is 12.2 Å². The number of ether oxygens (including phenoxy) is 1. The molecule has 0 spiro atoms. The van der Waals surface area contributed by atoms with Crippen molar-refractivity contribution in [2.45, 2.75) is 53.4 Å². The number of unbranched alkanes of at least 4 members (excludes halogenated alkanes) is 2. The number of amides is 2. The first-order chi connectivity index (χ1) is 21.6. The van der Waals surface area contributed by atoms with Crippen LogP contribution in [-0.2, 0) is 14.4 Å². The molecule has 0 aromatic heterocycles. The molecule has 0 saturated carbocycles. The Hall–Kier alpha value is -4.24. The van der Waals surface area contributed by atoms with Gasteiger partial charge in [-0.05, 0) is 80.9 Å². The summed E-state index contributed by atoms with van der Waals surface area (Å²) in [6.07, 6.45) is 8.05. The third kappa shape index (κ3) is 7.36. The van der Waals surface area contributed by atoms with E-state index in [2.05, 4.69) is 18.7 Å². The minimum Gasteiger partial charge on any atom is -0.455 e. The van der Waals surface area contributed by atoms with Crippen LogP contribution in [0.15, 0.2) is 65.4 Å². The molecule has 2 aliphatic heterocycles. The summed E-state index contributed by atoms with van der Waals surface area (Å²) in [6, 6.07) is 13.6. The first-order valence-corrected chi connectivity index (χ1v) is 16.3. The van der Waals surface area contributed by atoms with Crippen molar-refractivity contribution in [3.8, 4) is 5.75 Å². The Morgan fingerprint density at radius 2 is 1.44 bits per heavy atom. The van der Waals surface area contributed by atoms with Crippen LogP contribution in [0, 0.1) is 0 Å². The topological polar surface area (TPSA) is 73.4 Å². The molecule has 8 nitrogen and oxygen atoms in total. The fourth-order valence-corrected chi connectivity index (χ4v) is 5.67. The van der Waals surface area contributed by atoms with E-state index in [1.165, 1.54) is 15.9 Å². The first kappa shape index (κ1) is 33.6. The summed E-state index contributed by atoms with van der Waals surface area (Å²) >= 11 is 5.67. The molecule has 0 atom stereocenters. The minimum absolute atomic E-state index is 0.0303. The molecule has 0 unspecified atom stereocenters. The van der Waals surface area contributed by atoms with Crippen molar-refractivity contribution in [1.82, 2.24) is 9.80 Å². The molecule has 0 bridgehead atoms. The van der Waals surface area contributed by atoms with Gasteiger partial charge in [0.15, 0.2) is 16.7 Å². The SMILES string of the molecule is CCCCN1C(=O)C(=C2Oc3cc(N(CC)CC)ccc3C=C2C(=O)/C=C/c2ccc(N(C)C)cc2)C(=O)N(CCCC)C1=S. The molecule has 4 rings (SSSR count). The molecule has 0 radical (unpaired) electrons. The monoisotopic (exact) mass is 628 g/mol. The van der Waals surface area contributed by atoms with E-state index in [-0.39, 0.29) is 27.8 Å². The van der Waals surface area contributed by atoms with Gasteiger partial charge in [-0.25, -0.2) is 0 Å². The number of fused-ring (bicyclic) bond motifs is 1. The van der Waals surface area contributed by atoms with Crippen LogP contribution < -0.4 is 14.5 Å². The standard InChI is InChI=1S/C36H44N4O4S/c1-7-11-21-39-34(42)32(35(43)40(36(39)45)22-12-8-2)33-29(30(41)20-15-25-13-17-27(18-14-25)37(5)6)23-26-16-19-28(24-31(26)44-33)38(9-3)10-4/h13-20,23-24H,7-12,21-22H2,1-6H3/b20-15+. The maximum atomic E-state index is 14.1. The maximum absolute atomic E-state index is 14.1. The lowest BCUT2D eigenvalue weighted by atomic mass is 9.95. The summed E-state index contributed by atoms with van der Waals surface area (Å²) in [7, 11) is 3.93. The Morgan fingerprint density at radius 3 is 1.98 bits per heavy atom. The second-order valence-corrected chi connectivity index (χ2v) is 11.7. The highest BCUT2D eigenvalue weighted by atomic mass is 32.1. The van der Waals surface area contributed by atoms with E-state index < -0.39 is 11.8 Å². The van der Waals surface area contributed by atoms with Crippen LogP contribution in [0.25, 0.3) is 12.2 Å². The van der Waals surface area contributed by atoms with Crippen molar-refractivity contribution >= 4 is 58.5 Å². The third-order valence-electron chi connectivity index (χ3n) is 8.06. The number of carbonyl (C=O) groups excluding carboxylic acids is 3. The second-order valence-electron chi connectivity index (χ2n) is 11.3. The number of ketones is 1. The number of benzene rings is 2. The van der Waals surface area contributed by atoms with Crippen LogP contribution in [0.2, 0.25) is 0 Å². The molecule has 2 aliphatic rings. The van der Waals surface area contributed by atoms with Gasteiger partial charge in [0.25, 0.3) is 11.8 Å². The number of allylic oxidation sites excluding steroid dienone is 2. The molecular formula is C36H44N4O4S. The van der Waals surface area contributed by atoms with Gasteiger partial charge in [0, 0.05) is 63.3 Å². The van der Waals surface area contributed by atoms with Crippen LogP contribution in [0.3, 0.4) is 0 Å². The van der Waals surface area contributed by atoms with Gasteiger partial charge < -0.3 is 14.5 Å². The average molecular weight is 629 g/mol. The molecule has 45 heavy (non-hydrogen) atoms. The molecule has 2 heterocycles. The van der Waals surface area contributed by atoms with Crippen LogP contribution >= 0.6 is 12.2 Å². The van der Waals surface area contributed by atoms with Gasteiger partial charge in [-0.1, -0.05) is 44.9 Å². The van der Waals surface area contributed by atoms with Crippen molar-refractivity contribution in [3.05, 3.63) is 76.6 Å². The Bertz CT molecular complexity index is 1500. The highest BCUT2D eigenvalue weighted by molar-refractivity contribution is 7.80. The lowest BCUT2D eigenvalue weighted by Crippen LogP contribution is -2.57. The van der Waals surface area contributed by atoms with Crippen molar-refractivity contribution in [3.63, 3.8) is 0 Å². The van der Waals surface area contributed by atoms with Crippen molar-refractivity contribution in [2.24, 2.45) is 0 Å². The lowest BCUT2D eigenvalue weighted by molar-refractivity contribution is -0.134. The second kappa shape index (κ2) is 15.2. The molecule has 9 heteroatoms. The number of anilines is 2. The largest absolute Gasteiger partial charge is 0.455 e. The number of thiocarbonyl (C=S) groups is 1. The molecule has 0 N–H and O–H groups in total. The average Bonchev–Trinajstić information content (AvgIpc) is 3.04. The van der Waals surface area contributed by atoms with Crippen LogP contribution in [-0.4, -0.2) is 72.8 Å². The Labute approximate surface area is 272 Å². The normalized spacial score (nSPS) is 15.0. The number of rotatable bonds is 13. The molecule has 2 aromatic rings. The predicted molar refractivity (Wildman–Crippen MR) is 186 cm³/mol. The molecule has 1 fully saturated rings. The summed E-state index contributed by atoms with van der Waals surface area (Å²) in [5.41, 5.74) is 3.51. The molecule has 238 valence electrons. The molecule has 1 saturated heterocycles. The highest BCUT2D eigenvalue weighted by Gasteiger charge is 2.43. The van der Waals surface area contributed by atoms with Crippen molar-refractivity contribution in [1.29, 1.82) is 0 Å². The van der Waals surface area contributed by atoms with Crippen molar-refractivity contribution < 1.29 is 19.1 Å². The zero-order valence-corrected chi connectivity index (χ0v) is 28.1. The van der Waals surface area contributed by atoms with E-state index >= 15 is 0 Å². The maximum Gasteiger partial charge on any atom is 0.269 e. The Morgan fingerprint density at radius 1 is 0.867 bits per heavy atom. The molecule has 0 aliphatic carbocycles. The van der Waals surface area contributed by atoms with Gasteiger partial charge >= 0.3 is 0 Å². The number of nitrogens with zero attached hydrogens (tertiary/aromatic N) is 4. The van der Waals surface area contributed by atoms with Gasteiger partial charge in [-0.15, -0.1) is 0 Å². The number of carbonyl (C=O) groups is 3. The molecular weight excluding hydrogens is 584 g/mol. The van der Waals surface area contributed by atoms with Crippen LogP contribution in [0.1, 0.15) is 64.5 Å². The molecule has 2 aromatic carbocycles. The summed E-state index contributed by atoms with van der Waals surface area (Å²) in [5.74, 6) is -0.993. The summed E-state index contributed by atoms with van der Waals surface area (Å²) in [4.78, 5) is 49.2. The van der Waals surface area contributed by atoms with Crippen molar-refractivity contribution in [2.75, 3.05) is 50.1 Å². The van der Waals surface area contributed by atoms with E-state index in [1.807, 2.05) is 75.3 Å². The minimum atomic E-state index is -0.536. The van der Waals surface area contributed by atoms with E-state index in [0.29, 0.717) is 24.4 Å². The fraction of sp³-hybridized carbons (Fsp3) is 0.389. The van der Waals surface area contributed by atoms with Gasteiger partial charge in [0.2, 0.25) is 0 Å². The first-order valence-electron chi connectivity index (χ1n) is 15.9.